The van der Waals surface area contributed by atoms with Crippen molar-refractivity contribution < 1.29 is 27.0 Å². The van der Waals surface area contributed by atoms with Gasteiger partial charge in [-0.3, -0.25) is 4.57 Å². The Hall–Kier alpha value is -3.50. The van der Waals surface area contributed by atoms with Crippen LogP contribution >= 0.6 is 11.8 Å². The first-order valence-electron chi connectivity index (χ1n) is 10.4. The van der Waals surface area contributed by atoms with Gasteiger partial charge in [0.05, 0.1) is 37.8 Å². The number of nitrogens with zero attached hydrogens (tertiary/aromatic N) is 2. The summed E-state index contributed by atoms with van der Waals surface area (Å²) in [6, 6.07) is 11.0. The van der Waals surface area contributed by atoms with E-state index < -0.39 is 29.3 Å². The fraction of sp³-hybridized carbons (Fsp3) is 0.160. The number of thioether (sulfide) groups is 1. The molecule has 0 bridgehead atoms. The molecule has 0 fully saturated rings. The van der Waals surface area contributed by atoms with Crippen molar-refractivity contribution in [3.63, 3.8) is 0 Å². The van der Waals surface area contributed by atoms with Crippen LogP contribution in [0.4, 0.5) is 17.6 Å². The van der Waals surface area contributed by atoms with Crippen molar-refractivity contribution in [2.75, 3.05) is 14.2 Å². The molecule has 0 aliphatic heterocycles. The lowest BCUT2D eigenvalue weighted by Gasteiger charge is -2.19. The predicted molar refractivity (Wildman–Crippen MR) is 125 cm³/mol. The molecular weight excluding hydrogens is 482 g/mol. The van der Waals surface area contributed by atoms with Gasteiger partial charge in [-0.05, 0) is 42.0 Å². The van der Waals surface area contributed by atoms with Crippen LogP contribution in [0.1, 0.15) is 22.9 Å². The van der Waals surface area contributed by atoms with E-state index in [0.29, 0.717) is 22.8 Å². The zero-order chi connectivity index (χ0) is 25.1. The molecule has 1 unspecified atom stereocenters. The Morgan fingerprint density at radius 3 is 2.29 bits per heavy atom. The monoisotopic (exact) mass is 503 g/mol. The van der Waals surface area contributed by atoms with Crippen LogP contribution in [0.5, 0.6) is 11.5 Å². The van der Waals surface area contributed by atoms with Crippen LogP contribution < -0.4 is 15.2 Å². The Morgan fingerprint density at radius 2 is 1.63 bits per heavy atom. The van der Waals surface area contributed by atoms with Gasteiger partial charge < -0.3 is 15.2 Å². The van der Waals surface area contributed by atoms with Gasteiger partial charge in [-0.2, -0.15) is 0 Å². The number of aromatic nitrogens is 2. The van der Waals surface area contributed by atoms with E-state index >= 15 is 0 Å². The molecule has 1 aromatic heterocycles. The number of methoxy groups -OCH3 is 2. The number of halogens is 4. The fourth-order valence-corrected chi connectivity index (χ4v) is 4.61. The van der Waals surface area contributed by atoms with E-state index in [1.54, 1.807) is 18.2 Å². The largest absolute Gasteiger partial charge is 0.493 e. The minimum absolute atomic E-state index is 0.00803. The first-order chi connectivity index (χ1) is 16.8. The summed E-state index contributed by atoms with van der Waals surface area (Å²) in [5, 5.41) is 0.226. The van der Waals surface area contributed by atoms with Crippen LogP contribution in [-0.2, 0) is 5.75 Å². The number of rotatable bonds is 8. The lowest BCUT2D eigenvalue weighted by atomic mass is 10.0. The average Bonchev–Trinajstić information content (AvgIpc) is 3.26. The Morgan fingerprint density at radius 1 is 0.914 bits per heavy atom. The van der Waals surface area contributed by atoms with E-state index in [2.05, 4.69) is 4.98 Å². The van der Waals surface area contributed by atoms with Gasteiger partial charge >= 0.3 is 0 Å². The zero-order valence-electron chi connectivity index (χ0n) is 18.8. The molecule has 4 rings (SSSR count). The first kappa shape index (κ1) is 24.6. The summed E-state index contributed by atoms with van der Waals surface area (Å²) in [6.45, 7) is 0. The molecule has 35 heavy (non-hydrogen) atoms. The quantitative estimate of drug-likeness (QED) is 0.244. The highest BCUT2D eigenvalue weighted by Gasteiger charge is 2.23. The summed E-state index contributed by atoms with van der Waals surface area (Å²) in [4.78, 5) is 4.34. The number of hydrogen-bond acceptors (Lipinski definition) is 5. The lowest BCUT2D eigenvalue weighted by Crippen LogP contribution is -2.17. The maximum atomic E-state index is 14.9. The van der Waals surface area contributed by atoms with E-state index in [9.17, 15) is 17.6 Å². The third-order valence-electron chi connectivity index (χ3n) is 5.40. The molecule has 0 spiro atoms. The summed E-state index contributed by atoms with van der Waals surface area (Å²) in [6.07, 6.45) is 1.45. The highest BCUT2D eigenvalue weighted by molar-refractivity contribution is 7.98. The van der Waals surface area contributed by atoms with E-state index in [-0.39, 0.29) is 22.2 Å². The van der Waals surface area contributed by atoms with Crippen LogP contribution in [0.25, 0.3) is 5.69 Å². The SMILES string of the molecule is COc1ccc(C(N)c2cnc(SCc3c(F)cccc3F)n2-c2ccc(F)cc2F)cc1OC. The summed E-state index contributed by atoms with van der Waals surface area (Å²) in [5.41, 5.74) is 7.37. The van der Waals surface area contributed by atoms with Crippen molar-refractivity contribution in [3.8, 4) is 17.2 Å². The maximum absolute atomic E-state index is 14.9. The standard InChI is InChI=1S/C25H21F4N3O2S/c1-33-22-9-6-14(10-23(22)34-2)24(30)21-12-31-25(32(21)20-8-7-15(26)11-19(20)29)35-13-16-17(27)4-3-5-18(16)28/h3-12,24H,13,30H2,1-2H3. The highest BCUT2D eigenvalue weighted by atomic mass is 32.2. The summed E-state index contributed by atoms with van der Waals surface area (Å²) >= 11 is 0.995. The van der Waals surface area contributed by atoms with Crippen molar-refractivity contribution in [1.29, 1.82) is 0 Å². The van der Waals surface area contributed by atoms with Gasteiger partial charge in [-0.25, -0.2) is 22.5 Å². The Bertz CT molecular complexity index is 1340. The van der Waals surface area contributed by atoms with Gasteiger partial charge in [0.2, 0.25) is 0 Å². The number of nitrogens with two attached hydrogens (primary N) is 1. The molecule has 10 heteroatoms. The van der Waals surface area contributed by atoms with Crippen LogP contribution in [0.2, 0.25) is 0 Å². The third kappa shape index (κ3) is 4.98. The highest BCUT2D eigenvalue weighted by Crippen LogP contribution is 2.35. The molecule has 4 aromatic rings. The number of hydrogen-bond donors (Lipinski definition) is 1. The van der Waals surface area contributed by atoms with E-state index in [1.165, 1.54) is 37.1 Å². The van der Waals surface area contributed by atoms with Crippen molar-refractivity contribution in [1.82, 2.24) is 9.55 Å². The van der Waals surface area contributed by atoms with Gasteiger partial charge in [0.1, 0.15) is 23.3 Å². The van der Waals surface area contributed by atoms with Crippen molar-refractivity contribution >= 4 is 11.8 Å². The molecule has 0 amide bonds. The van der Waals surface area contributed by atoms with Crippen LogP contribution in [-0.4, -0.2) is 23.8 Å². The second kappa shape index (κ2) is 10.4. The van der Waals surface area contributed by atoms with Crippen molar-refractivity contribution in [3.05, 3.63) is 101 Å². The molecule has 2 N–H and O–H groups in total. The second-order valence-electron chi connectivity index (χ2n) is 7.48. The smallest absolute Gasteiger partial charge is 0.173 e. The summed E-state index contributed by atoms with van der Waals surface area (Å²) < 4.78 is 68.8. The van der Waals surface area contributed by atoms with Gasteiger partial charge in [-0.1, -0.05) is 23.9 Å². The van der Waals surface area contributed by atoms with Gasteiger partial charge in [-0.15, -0.1) is 0 Å². The molecule has 1 heterocycles. The molecular formula is C25H21F4N3O2S. The van der Waals surface area contributed by atoms with Crippen molar-refractivity contribution in [2.24, 2.45) is 5.73 Å². The van der Waals surface area contributed by atoms with Gasteiger partial charge in [0.15, 0.2) is 16.7 Å². The van der Waals surface area contributed by atoms with Crippen LogP contribution in [0.15, 0.2) is 66.0 Å². The normalized spacial score (nSPS) is 12.0. The third-order valence-corrected chi connectivity index (χ3v) is 6.38. The van der Waals surface area contributed by atoms with Gasteiger partial charge in [0, 0.05) is 17.4 Å². The van der Waals surface area contributed by atoms with Crippen LogP contribution in [0, 0.1) is 23.3 Å². The molecule has 3 aromatic carbocycles. The minimum atomic E-state index is -0.845. The number of benzene rings is 3. The summed E-state index contributed by atoms with van der Waals surface area (Å²) in [5.74, 6) is -2.16. The van der Waals surface area contributed by atoms with E-state index in [1.807, 2.05) is 0 Å². The topological polar surface area (TPSA) is 62.3 Å². The first-order valence-corrected chi connectivity index (χ1v) is 11.4. The molecule has 1 atom stereocenters. The average molecular weight is 504 g/mol. The predicted octanol–water partition coefficient (Wildman–Crippen LogP) is 5.79. The Balaban J connectivity index is 1.78. The lowest BCUT2D eigenvalue weighted by molar-refractivity contribution is 0.354. The molecule has 0 saturated carbocycles. The molecule has 0 saturated heterocycles. The molecule has 0 radical (unpaired) electrons. The maximum Gasteiger partial charge on any atom is 0.173 e. The number of ether oxygens (including phenoxy) is 2. The van der Waals surface area contributed by atoms with E-state index in [4.69, 9.17) is 15.2 Å². The second-order valence-corrected chi connectivity index (χ2v) is 8.42. The number of imidazole rings is 1. The Labute approximate surface area is 203 Å². The molecule has 5 nitrogen and oxygen atoms in total. The molecule has 182 valence electrons. The van der Waals surface area contributed by atoms with Gasteiger partial charge in [0.25, 0.3) is 0 Å². The van der Waals surface area contributed by atoms with Crippen molar-refractivity contribution in [2.45, 2.75) is 17.0 Å². The van der Waals surface area contributed by atoms with E-state index in [0.717, 1.165) is 36.0 Å². The summed E-state index contributed by atoms with van der Waals surface area (Å²) in [7, 11) is 2.99. The molecule has 0 aliphatic carbocycles. The zero-order valence-corrected chi connectivity index (χ0v) is 19.6. The molecule has 0 aliphatic rings. The van der Waals surface area contributed by atoms with Crippen LogP contribution in [0.3, 0.4) is 0 Å². The fourth-order valence-electron chi connectivity index (χ4n) is 3.60. The Kier molecular flexibility index (Phi) is 7.32. The minimum Gasteiger partial charge on any atom is -0.493 e.